The Morgan fingerprint density at radius 3 is 2.52 bits per heavy atom. The molecule has 0 saturated carbocycles. The first-order chi connectivity index (χ1) is 11.1. The first kappa shape index (κ1) is 16.8. The van der Waals surface area contributed by atoms with Gasteiger partial charge in [-0.25, -0.2) is 4.79 Å². The van der Waals surface area contributed by atoms with Crippen molar-refractivity contribution >= 4 is 29.2 Å². The van der Waals surface area contributed by atoms with Gasteiger partial charge in [-0.2, -0.15) is 0 Å². The van der Waals surface area contributed by atoms with Crippen molar-refractivity contribution in [2.24, 2.45) is 0 Å². The molecule has 0 aliphatic rings. The van der Waals surface area contributed by atoms with Gasteiger partial charge in [-0.3, -0.25) is 4.79 Å². The van der Waals surface area contributed by atoms with Crippen molar-refractivity contribution in [2.45, 2.75) is 6.92 Å². The number of anilines is 1. The van der Waals surface area contributed by atoms with Crippen LogP contribution in [-0.4, -0.2) is 25.6 Å². The van der Waals surface area contributed by atoms with E-state index >= 15 is 0 Å². The summed E-state index contributed by atoms with van der Waals surface area (Å²) < 4.78 is 10.1. The molecule has 0 heterocycles. The van der Waals surface area contributed by atoms with Crippen LogP contribution in [0.3, 0.4) is 0 Å². The van der Waals surface area contributed by atoms with E-state index in [-0.39, 0.29) is 23.1 Å². The number of ether oxygens (including phenoxy) is 2. The minimum atomic E-state index is -0.500. The lowest BCUT2D eigenvalue weighted by atomic mass is 10.1. The Bertz CT molecular complexity index is 730. The molecule has 1 amide bonds. The second kappa shape index (κ2) is 7.65. The van der Waals surface area contributed by atoms with Crippen LogP contribution in [0, 0.1) is 0 Å². The van der Waals surface area contributed by atoms with Gasteiger partial charge >= 0.3 is 5.97 Å². The minimum Gasteiger partial charge on any atom is -0.496 e. The van der Waals surface area contributed by atoms with Gasteiger partial charge in [0, 0.05) is 5.69 Å². The van der Waals surface area contributed by atoms with E-state index in [1.165, 1.54) is 19.2 Å². The molecule has 0 aliphatic heterocycles. The van der Waals surface area contributed by atoms with Crippen molar-refractivity contribution in [1.82, 2.24) is 0 Å². The van der Waals surface area contributed by atoms with E-state index in [4.69, 9.17) is 21.1 Å². The molecule has 6 heteroatoms. The molecular formula is C17H16ClNO4. The number of carbonyl (C=O) groups excluding carboxylic acids is 2. The molecule has 2 aromatic rings. The van der Waals surface area contributed by atoms with E-state index < -0.39 is 5.97 Å². The fraction of sp³-hybridized carbons (Fsp3) is 0.176. The number of hydrogen-bond donors (Lipinski definition) is 1. The Kier molecular flexibility index (Phi) is 5.60. The maximum atomic E-state index is 12.3. The van der Waals surface area contributed by atoms with Crippen LogP contribution in [0.2, 0.25) is 5.02 Å². The third kappa shape index (κ3) is 4.02. The van der Waals surface area contributed by atoms with Gasteiger partial charge in [-0.05, 0) is 37.3 Å². The molecule has 0 spiro atoms. The van der Waals surface area contributed by atoms with Gasteiger partial charge in [0.2, 0.25) is 0 Å². The smallest absolute Gasteiger partial charge is 0.339 e. The molecule has 2 rings (SSSR count). The average Bonchev–Trinajstić information content (AvgIpc) is 2.55. The topological polar surface area (TPSA) is 64.6 Å². The Hall–Kier alpha value is -2.53. The second-order valence-electron chi connectivity index (χ2n) is 4.57. The van der Waals surface area contributed by atoms with E-state index in [9.17, 15) is 9.59 Å². The minimum absolute atomic E-state index is 0.210. The summed E-state index contributed by atoms with van der Waals surface area (Å²) in [5.41, 5.74) is 1.13. The van der Waals surface area contributed by atoms with Crippen molar-refractivity contribution in [1.29, 1.82) is 0 Å². The Morgan fingerprint density at radius 1 is 1.13 bits per heavy atom. The molecule has 0 saturated heterocycles. The van der Waals surface area contributed by atoms with Gasteiger partial charge in [0.15, 0.2) is 0 Å². The van der Waals surface area contributed by atoms with Crippen LogP contribution in [0.4, 0.5) is 5.69 Å². The van der Waals surface area contributed by atoms with Crippen LogP contribution in [0.15, 0.2) is 42.5 Å². The monoisotopic (exact) mass is 333 g/mol. The molecule has 23 heavy (non-hydrogen) atoms. The Balaban J connectivity index is 2.19. The maximum Gasteiger partial charge on any atom is 0.339 e. The number of methoxy groups -OCH3 is 1. The first-order valence-electron chi connectivity index (χ1n) is 6.97. The molecule has 5 nitrogen and oxygen atoms in total. The third-order valence-electron chi connectivity index (χ3n) is 3.07. The number of rotatable bonds is 5. The highest BCUT2D eigenvalue weighted by atomic mass is 35.5. The summed E-state index contributed by atoms with van der Waals surface area (Å²) in [5.74, 6) is -0.359. The van der Waals surface area contributed by atoms with E-state index in [0.29, 0.717) is 17.0 Å². The predicted molar refractivity (Wildman–Crippen MR) is 88.4 cm³/mol. The van der Waals surface area contributed by atoms with Crippen LogP contribution < -0.4 is 10.1 Å². The summed E-state index contributed by atoms with van der Waals surface area (Å²) in [6.45, 7) is 1.98. The maximum absolute atomic E-state index is 12.3. The number of halogens is 1. The standard InChI is InChI=1S/C17H16ClNO4/c1-3-23-17(21)12-9-8-11(10-14(12)18)19-16(20)13-6-4-5-7-15(13)22-2/h4-10H,3H2,1-2H3,(H,19,20). The molecule has 0 atom stereocenters. The summed E-state index contributed by atoms with van der Waals surface area (Å²) in [7, 11) is 1.50. The number of para-hydroxylation sites is 1. The molecule has 120 valence electrons. The number of nitrogens with one attached hydrogen (secondary N) is 1. The Labute approximate surface area is 139 Å². The fourth-order valence-electron chi connectivity index (χ4n) is 2.00. The van der Waals surface area contributed by atoms with Gasteiger partial charge in [-0.15, -0.1) is 0 Å². The summed E-state index contributed by atoms with van der Waals surface area (Å²) in [6, 6.07) is 11.5. The summed E-state index contributed by atoms with van der Waals surface area (Å²) in [4.78, 5) is 24.0. The van der Waals surface area contributed by atoms with Crippen molar-refractivity contribution in [3.8, 4) is 5.75 Å². The van der Waals surface area contributed by atoms with Crippen LogP contribution in [-0.2, 0) is 4.74 Å². The van der Waals surface area contributed by atoms with Gasteiger partial charge < -0.3 is 14.8 Å². The lowest BCUT2D eigenvalue weighted by Gasteiger charge is -2.10. The number of carbonyl (C=O) groups is 2. The molecule has 2 aromatic carbocycles. The SMILES string of the molecule is CCOC(=O)c1ccc(NC(=O)c2ccccc2OC)cc1Cl. The number of amides is 1. The largest absolute Gasteiger partial charge is 0.496 e. The quantitative estimate of drug-likeness (QED) is 0.846. The third-order valence-corrected chi connectivity index (χ3v) is 3.39. The lowest BCUT2D eigenvalue weighted by molar-refractivity contribution is 0.0526. The van der Waals surface area contributed by atoms with E-state index in [2.05, 4.69) is 5.32 Å². The van der Waals surface area contributed by atoms with Gasteiger partial charge in [0.05, 0.1) is 29.9 Å². The highest BCUT2D eigenvalue weighted by Gasteiger charge is 2.15. The van der Waals surface area contributed by atoms with Gasteiger partial charge in [0.25, 0.3) is 5.91 Å². The molecule has 0 unspecified atom stereocenters. The fourth-order valence-corrected chi connectivity index (χ4v) is 2.26. The van der Waals surface area contributed by atoms with Gasteiger partial charge in [-0.1, -0.05) is 23.7 Å². The number of hydrogen-bond acceptors (Lipinski definition) is 4. The number of benzene rings is 2. The Morgan fingerprint density at radius 2 is 1.87 bits per heavy atom. The highest BCUT2D eigenvalue weighted by Crippen LogP contribution is 2.24. The average molecular weight is 334 g/mol. The van der Waals surface area contributed by atoms with Gasteiger partial charge in [0.1, 0.15) is 5.75 Å². The van der Waals surface area contributed by atoms with Crippen molar-refractivity contribution in [2.75, 3.05) is 19.0 Å². The van der Waals surface area contributed by atoms with Crippen molar-refractivity contribution in [3.05, 3.63) is 58.6 Å². The van der Waals surface area contributed by atoms with Crippen LogP contribution in [0.1, 0.15) is 27.6 Å². The van der Waals surface area contributed by atoms with E-state index in [0.717, 1.165) is 0 Å². The molecule has 0 fully saturated rings. The zero-order chi connectivity index (χ0) is 16.8. The molecule has 0 radical (unpaired) electrons. The van der Waals surface area contributed by atoms with Crippen molar-refractivity contribution in [3.63, 3.8) is 0 Å². The molecule has 0 aliphatic carbocycles. The van der Waals surface area contributed by atoms with Crippen molar-refractivity contribution < 1.29 is 19.1 Å². The summed E-state index contributed by atoms with van der Waals surface area (Å²) >= 11 is 6.07. The first-order valence-corrected chi connectivity index (χ1v) is 7.35. The molecule has 0 bridgehead atoms. The highest BCUT2D eigenvalue weighted by molar-refractivity contribution is 6.34. The van der Waals surface area contributed by atoms with Crippen LogP contribution in [0.25, 0.3) is 0 Å². The molecular weight excluding hydrogens is 318 g/mol. The summed E-state index contributed by atoms with van der Waals surface area (Å²) in [6.07, 6.45) is 0. The van der Waals surface area contributed by atoms with Crippen LogP contribution >= 0.6 is 11.6 Å². The normalized spacial score (nSPS) is 10.0. The zero-order valence-electron chi connectivity index (χ0n) is 12.8. The second-order valence-corrected chi connectivity index (χ2v) is 4.98. The molecule has 0 aromatic heterocycles. The lowest BCUT2D eigenvalue weighted by Crippen LogP contribution is -2.13. The zero-order valence-corrected chi connectivity index (χ0v) is 13.5. The number of esters is 1. The summed E-state index contributed by atoms with van der Waals surface area (Å²) in [5, 5.41) is 2.93. The predicted octanol–water partition coefficient (Wildman–Crippen LogP) is 3.78. The molecule has 1 N–H and O–H groups in total. The van der Waals surface area contributed by atoms with E-state index in [1.54, 1.807) is 37.3 Å². The van der Waals surface area contributed by atoms with Crippen LogP contribution in [0.5, 0.6) is 5.75 Å². The van der Waals surface area contributed by atoms with E-state index in [1.807, 2.05) is 0 Å².